The van der Waals surface area contributed by atoms with Crippen LogP contribution in [0, 0.1) is 0 Å². The van der Waals surface area contributed by atoms with Gasteiger partial charge >= 0.3 is 71.1 Å². The topological polar surface area (TPSA) is 63.6 Å². The Labute approximate surface area is 156 Å². The number of carbonyl (C=O) groups excluding carboxylic acids is 1. The molecule has 0 saturated heterocycles. The molecule has 0 heterocycles. The van der Waals surface area contributed by atoms with Crippen LogP contribution in [-0.2, 0) is 14.3 Å². The molecular formula is C12H22Na2O4. The van der Waals surface area contributed by atoms with Crippen LogP contribution in [0.1, 0.15) is 54.7 Å². The Kier molecular flexibility index (Phi) is 23.3. The van der Waals surface area contributed by atoms with Crippen LogP contribution in [0.15, 0.2) is 12.3 Å². The molecule has 18 heavy (non-hydrogen) atoms. The number of carbonyl (C=O) groups is 2. The maximum absolute atomic E-state index is 10.9. The van der Waals surface area contributed by atoms with Gasteiger partial charge in [-0.05, 0) is 18.9 Å². The fraction of sp³-hybridized carbons (Fsp3) is 0.667. The third kappa shape index (κ3) is 19.0. The van der Waals surface area contributed by atoms with E-state index in [1.54, 1.807) is 6.08 Å². The number of rotatable bonds is 9. The summed E-state index contributed by atoms with van der Waals surface area (Å²) in [5, 5.41) is 8.33. The molecule has 0 amide bonds. The molecule has 0 saturated carbocycles. The number of esters is 1. The van der Waals surface area contributed by atoms with Crippen LogP contribution >= 0.6 is 0 Å². The minimum Gasteiger partial charge on any atom is -1.00 e. The number of unbranched alkanes of at least 4 members (excludes halogenated alkanes) is 4. The van der Waals surface area contributed by atoms with Crippen molar-refractivity contribution >= 4 is 11.9 Å². The number of aliphatic carboxylic acids is 1. The Hall–Kier alpha value is 0.680. The van der Waals surface area contributed by atoms with Crippen molar-refractivity contribution in [2.45, 2.75) is 51.9 Å². The molecule has 0 aliphatic rings. The minimum atomic E-state index is -0.986. The van der Waals surface area contributed by atoms with Crippen molar-refractivity contribution in [3.63, 3.8) is 0 Å². The summed E-state index contributed by atoms with van der Waals surface area (Å²) in [6.07, 6.45) is 8.51. The Bertz CT molecular complexity index is 252. The quantitative estimate of drug-likeness (QED) is 0.213. The zero-order valence-electron chi connectivity index (χ0n) is 13.8. The molecule has 4 nitrogen and oxygen atoms in total. The van der Waals surface area contributed by atoms with E-state index in [1.165, 1.54) is 25.5 Å². The number of carboxylic acids is 1. The van der Waals surface area contributed by atoms with Crippen LogP contribution in [0.25, 0.3) is 0 Å². The van der Waals surface area contributed by atoms with E-state index in [1.807, 2.05) is 0 Å². The molecule has 0 rings (SSSR count). The largest absolute Gasteiger partial charge is 1.00 e. The van der Waals surface area contributed by atoms with E-state index >= 15 is 0 Å². The van der Waals surface area contributed by atoms with Gasteiger partial charge in [-0.1, -0.05) is 26.2 Å². The third-order valence-electron chi connectivity index (χ3n) is 2.06. The molecule has 0 aliphatic carbocycles. The van der Waals surface area contributed by atoms with Gasteiger partial charge in [0, 0.05) is 0 Å². The van der Waals surface area contributed by atoms with Crippen molar-refractivity contribution < 1.29 is 81.4 Å². The van der Waals surface area contributed by atoms with Gasteiger partial charge in [-0.2, -0.15) is 0 Å². The first-order chi connectivity index (χ1) is 7.66. The van der Waals surface area contributed by atoms with Crippen molar-refractivity contribution in [3.05, 3.63) is 12.3 Å². The van der Waals surface area contributed by atoms with E-state index in [2.05, 4.69) is 6.92 Å². The Balaban J connectivity index is -0.000000187. The fourth-order valence-electron chi connectivity index (χ4n) is 1.15. The molecule has 0 aliphatic heterocycles. The number of allylic oxidation sites excluding steroid dienone is 1. The molecule has 0 spiro atoms. The smallest absolute Gasteiger partial charge is 1.00 e. The molecule has 0 atom stereocenters. The second-order valence-electron chi connectivity index (χ2n) is 3.60. The van der Waals surface area contributed by atoms with Gasteiger partial charge in [-0.25, -0.2) is 0 Å². The molecule has 0 unspecified atom stereocenters. The maximum atomic E-state index is 10.9. The second kappa shape index (κ2) is 17.7. The second-order valence-corrected chi connectivity index (χ2v) is 3.60. The Morgan fingerprint density at radius 1 is 1.17 bits per heavy atom. The summed E-state index contributed by atoms with van der Waals surface area (Å²) in [5.41, 5.74) is 0. The normalized spacial score (nSPS) is 9.39. The molecule has 1 N–H and O–H groups in total. The van der Waals surface area contributed by atoms with Crippen molar-refractivity contribution in [1.29, 1.82) is 0 Å². The van der Waals surface area contributed by atoms with Gasteiger partial charge in [0.1, 0.15) is 0 Å². The first-order valence-electron chi connectivity index (χ1n) is 5.73. The van der Waals surface area contributed by atoms with E-state index < -0.39 is 11.9 Å². The fourth-order valence-corrected chi connectivity index (χ4v) is 1.15. The number of ether oxygens (including phenoxy) is 1. The van der Waals surface area contributed by atoms with Gasteiger partial charge in [-0.15, -0.1) is 0 Å². The van der Waals surface area contributed by atoms with Gasteiger partial charge in [0.2, 0.25) is 0 Å². The summed E-state index contributed by atoms with van der Waals surface area (Å²) in [5.74, 6) is -1.48. The maximum Gasteiger partial charge on any atom is 1.00 e. The molecular weight excluding hydrogens is 254 g/mol. The Morgan fingerprint density at radius 3 is 2.39 bits per heavy atom. The average Bonchev–Trinajstić information content (AvgIpc) is 2.25. The van der Waals surface area contributed by atoms with Gasteiger partial charge in [-0.3, -0.25) is 9.59 Å². The van der Waals surface area contributed by atoms with Crippen LogP contribution in [0.4, 0.5) is 0 Å². The predicted octanol–water partition coefficient (Wildman–Crippen LogP) is -2.89. The molecule has 0 aromatic rings. The van der Waals surface area contributed by atoms with E-state index in [9.17, 15) is 9.59 Å². The summed E-state index contributed by atoms with van der Waals surface area (Å²) in [4.78, 5) is 21.1. The van der Waals surface area contributed by atoms with E-state index in [4.69, 9.17) is 9.84 Å². The Morgan fingerprint density at radius 2 is 1.83 bits per heavy atom. The van der Waals surface area contributed by atoms with Crippen LogP contribution in [-0.4, -0.2) is 17.0 Å². The molecule has 0 radical (unpaired) electrons. The van der Waals surface area contributed by atoms with E-state index in [0.29, 0.717) is 0 Å². The monoisotopic (exact) mass is 276 g/mol. The van der Waals surface area contributed by atoms with Crippen LogP contribution < -0.4 is 59.1 Å². The molecule has 96 valence electrons. The molecule has 0 aromatic heterocycles. The van der Waals surface area contributed by atoms with Crippen LogP contribution in [0.3, 0.4) is 0 Å². The first-order valence-corrected chi connectivity index (χ1v) is 5.73. The van der Waals surface area contributed by atoms with Crippen LogP contribution in [0.5, 0.6) is 0 Å². The summed E-state index contributed by atoms with van der Waals surface area (Å²) in [6, 6.07) is 0. The molecule has 6 heteroatoms. The van der Waals surface area contributed by atoms with Crippen molar-refractivity contribution in [2.24, 2.45) is 0 Å². The first kappa shape index (κ1) is 23.7. The molecule has 0 aromatic carbocycles. The number of hydrogen-bond donors (Lipinski definition) is 1. The molecule has 0 bridgehead atoms. The van der Waals surface area contributed by atoms with Gasteiger partial charge in [0.25, 0.3) is 0 Å². The minimum absolute atomic E-state index is 0. The van der Waals surface area contributed by atoms with Crippen molar-refractivity contribution in [1.82, 2.24) is 0 Å². The van der Waals surface area contributed by atoms with Gasteiger partial charge in [0.05, 0.1) is 19.1 Å². The van der Waals surface area contributed by atoms with Gasteiger partial charge < -0.3 is 12.7 Å². The van der Waals surface area contributed by atoms with Crippen molar-refractivity contribution in [2.75, 3.05) is 0 Å². The van der Waals surface area contributed by atoms with Crippen molar-refractivity contribution in [3.8, 4) is 0 Å². The van der Waals surface area contributed by atoms with Crippen LogP contribution in [0.2, 0.25) is 0 Å². The summed E-state index contributed by atoms with van der Waals surface area (Å²) in [6.45, 7) is 2.15. The van der Waals surface area contributed by atoms with E-state index in [0.717, 1.165) is 12.8 Å². The SMILES string of the molecule is CCCCCCC=COC(=O)CCC(=O)O.[H-].[H-].[Na+].[Na+]. The third-order valence-corrected chi connectivity index (χ3v) is 2.06. The number of hydrogen-bond acceptors (Lipinski definition) is 3. The summed E-state index contributed by atoms with van der Waals surface area (Å²) < 4.78 is 4.72. The van der Waals surface area contributed by atoms with Gasteiger partial charge in [0.15, 0.2) is 0 Å². The predicted molar refractivity (Wildman–Crippen MR) is 63.1 cm³/mol. The standard InChI is InChI=1S/C12H20O4.2Na.2H/c1-2-3-4-5-6-7-10-16-12(15)9-8-11(13)14;;;;/h7,10H,2-6,8-9H2,1H3,(H,13,14);;;;/q;2*+1;2*-1. The zero-order valence-corrected chi connectivity index (χ0v) is 15.8. The summed E-state index contributed by atoms with van der Waals surface area (Å²) in [7, 11) is 0. The molecule has 0 fully saturated rings. The summed E-state index contributed by atoms with van der Waals surface area (Å²) >= 11 is 0. The zero-order chi connectivity index (χ0) is 12.2. The van der Waals surface area contributed by atoms with E-state index in [-0.39, 0.29) is 74.8 Å². The number of carboxylic acid groups (broad SMARTS) is 1. The average molecular weight is 276 g/mol.